The van der Waals surface area contributed by atoms with Crippen LogP contribution in [0.1, 0.15) is 24.7 Å². The first-order chi connectivity index (χ1) is 10.2. The van der Waals surface area contributed by atoms with E-state index in [1.165, 1.54) is 17.0 Å². The van der Waals surface area contributed by atoms with Crippen LogP contribution in [0.2, 0.25) is 0 Å². The number of aromatic nitrogens is 2. The molecule has 0 saturated heterocycles. The second kappa shape index (κ2) is 5.92. The largest absolute Gasteiger partial charge is 0.424 e. The fourth-order valence-corrected chi connectivity index (χ4v) is 2.25. The zero-order valence-electron chi connectivity index (χ0n) is 11.8. The van der Waals surface area contributed by atoms with E-state index in [0.29, 0.717) is 0 Å². The van der Waals surface area contributed by atoms with Crippen LogP contribution in [0.25, 0.3) is 0 Å². The number of rotatable bonds is 5. The van der Waals surface area contributed by atoms with E-state index in [2.05, 4.69) is 4.98 Å². The predicted molar refractivity (Wildman–Crippen MR) is 73.0 cm³/mol. The topological polar surface area (TPSA) is 55.1 Å². The molecule has 1 aromatic heterocycles. The molecule has 0 aliphatic heterocycles. The van der Waals surface area contributed by atoms with Gasteiger partial charge >= 0.3 is 6.18 Å². The van der Waals surface area contributed by atoms with E-state index in [1.807, 2.05) is 0 Å². The summed E-state index contributed by atoms with van der Waals surface area (Å²) >= 11 is 0. The first kappa shape index (κ1) is 16.2. The molecule has 0 aliphatic rings. The second-order valence-electron chi connectivity index (χ2n) is 5.10. The van der Waals surface area contributed by atoms with Gasteiger partial charge in [-0.2, -0.15) is 13.2 Å². The number of Topliss-reactive ketones (excluding diaryl/α,β-unsaturated/α-hetero) is 1. The predicted octanol–water partition coefficient (Wildman–Crippen LogP) is 2.66. The number of carbonyl (C=O) groups is 1. The van der Waals surface area contributed by atoms with Crippen molar-refractivity contribution >= 4 is 5.78 Å². The first-order valence-corrected chi connectivity index (χ1v) is 6.58. The zero-order valence-corrected chi connectivity index (χ0v) is 11.8. The molecule has 1 heterocycles. The molecule has 118 valence electrons. The third kappa shape index (κ3) is 3.19. The maximum Gasteiger partial charge on any atom is 0.424 e. The lowest BCUT2D eigenvalue weighted by molar-refractivity contribution is -0.270. The van der Waals surface area contributed by atoms with Gasteiger partial charge in [0.25, 0.3) is 0 Å². The molecule has 0 aliphatic carbocycles. The van der Waals surface area contributed by atoms with Gasteiger partial charge in [0.05, 0.1) is 6.42 Å². The Morgan fingerprint density at radius 1 is 1.27 bits per heavy atom. The van der Waals surface area contributed by atoms with Crippen molar-refractivity contribution in [3.05, 3.63) is 54.1 Å². The van der Waals surface area contributed by atoms with E-state index in [1.54, 1.807) is 30.3 Å². The third-order valence-electron chi connectivity index (χ3n) is 3.25. The van der Waals surface area contributed by atoms with Crippen LogP contribution in [0.4, 0.5) is 13.2 Å². The Labute approximate surface area is 125 Å². The van der Waals surface area contributed by atoms with E-state index in [-0.39, 0.29) is 6.54 Å². The van der Waals surface area contributed by atoms with Crippen LogP contribution in [0, 0.1) is 0 Å². The van der Waals surface area contributed by atoms with Gasteiger partial charge in [0.15, 0.2) is 5.82 Å². The van der Waals surface area contributed by atoms with Crippen molar-refractivity contribution in [1.82, 2.24) is 9.55 Å². The molecule has 2 aromatic rings. The molecule has 2 rings (SSSR count). The SMILES string of the molecule is CC(=O)C[C@](O)(c1nccn1Cc1ccccc1)C(F)(F)F. The minimum Gasteiger partial charge on any atom is -0.374 e. The molecule has 0 radical (unpaired) electrons. The third-order valence-corrected chi connectivity index (χ3v) is 3.25. The summed E-state index contributed by atoms with van der Waals surface area (Å²) in [6, 6.07) is 8.82. The molecule has 0 bridgehead atoms. The smallest absolute Gasteiger partial charge is 0.374 e. The number of benzene rings is 1. The van der Waals surface area contributed by atoms with Crippen molar-refractivity contribution in [1.29, 1.82) is 0 Å². The molecule has 0 fully saturated rings. The highest BCUT2D eigenvalue weighted by molar-refractivity contribution is 5.76. The summed E-state index contributed by atoms with van der Waals surface area (Å²) in [5.74, 6) is -1.35. The van der Waals surface area contributed by atoms with Gasteiger partial charge in [-0.3, -0.25) is 4.79 Å². The van der Waals surface area contributed by atoms with Gasteiger partial charge in [-0.15, -0.1) is 0 Å². The van der Waals surface area contributed by atoms with Crippen molar-refractivity contribution in [3.63, 3.8) is 0 Å². The lowest BCUT2D eigenvalue weighted by atomic mass is 9.95. The fraction of sp³-hybridized carbons (Fsp3) is 0.333. The standard InChI is InChI=1S/C15H15F3N2O2/c1-11(21)9-14(22,15(16,17)18)13-19-7-8-20(13)10-12-5-3-2-4-6-12/h2-8,22H,9-10H2,1H3/t14-/m0/s1. The minimum atomic E-state index is -5.00. The molecule has 0 spiro atoms. The highest BCUT2D eigenvalue weighted by Gasteiger charge is 2.58. The molecule has 22 heavy (non-hydrogen) atoms. The lowest BCUT2D eigenvalue weighted by Crippen LogP contribution is -2.46. The van der Waals surface area contributed by atoms with Gasteiger partial charge in [0.2, 0.25) is 5.60 Å². The van der Waals surface area contributed by atoms with Crippen molar-refractivity contribution in [2.45, 2.75) is 31.7 Å². The van der Waals surface area contributed by atoms with Crippen LogP contribution in [-0.2, 0) is 16.9 Å². The number of aliphatic hydroxyl groups is 1. The number of imidazole rings is 1. The molecular formula is C15H15F3N2O2. The number of hydrogen-bond donors (Lipinski definition) is 1. The molecule has 4 nitrogen and oxygen atoms in total. The van der Waals surface area contributed by atoms with Crippen molar-refractivity contribution in [2.24, 2.45) is 0 Å². The van der Waals surface area contributed by atoms with Gasteiger partial charge in [0.1, 0.15) is 5.78 Å². The number of halogens is 3. The van der Waals surface area contributed by atoms with Crippen LogP contribution in [-0.4, -0.2) is 26.6 Å². The summed E-state index contributed by atoms with van der Waals surface area (Å²) in [6.07, 6.45) is -3.55. The number of hydrogen-bond acceptors (Lipinski definition) is 3. The molecule has 1 N–H and O–H groups in total. The van der Waals surface area contributed by atoms with Gasteiger partial charge in [-0.25, -0.2) is 4.98 Å². The van der Waals surface area contributed by atoms with Crippen LogP contribution in [0.3, 0.4) is 0 Å². The van der Waals surface area contributed by atoms with Gasteiger partial charge in [0, 0.05) is 18.9 Å². The Kier molecular flexibility index (Phi) is 4.37. The highest BCUT2D eigenvalue weighted by Crippen LogP contribution is 2.41. The highest BCUT2D eigenvalue weighted by atomic mass is 19.4. The van der Waals surface area contributed by atoms with Crippen LogP contribution in [0.5, 0.6) is 0 Å². The van der Waals surface area contributed by atoms with Crippen LogP contribution >= 0.6 is 0 Å². The van der Waals surface area contributed by atoms with E-state index in [9.17, 15) is 23.1 Å². The Balaban J connectivity index is 2.42. The molecule has 0 unspecified atom stereocenters. The molecule has 0 saturated carbocycles. The van der Waals surface area contributed by atoms with E-state index < -0.39 is 29.8 Å². The van der Waals surface area contributed by atoms with E-state index >= 15 is 0 Å². The average Bonchev–Trinajstić information content (AvgIpc) is 2.86. The molecular weight excluding hydrogens is 297 g/mol. The lowest BCUT2D eigenvalue weighted by Gasteiger charge is -2.29. The monoisotopic (exact) mass is 312 g/mol. The van der Waals surface area contributed by atoms with Crippen LogP contribution in [0.15, 0.2) is 42.7 Å². The number of carbonyl (C=O) groups excluding carboxylic acids is 1. The summed E-state index contributed by atoms with van der Waals surface area (Å²) in [6.45, 7) is 1.12. The molecule has 7 heteroatoms. The van der Waals surface area contributed by atoms with Gasteiger partial charge in [-0.05, 0) is 12.5 Å². The Morgan fingerprint density at radius 2 is 1.91 bits per heavy atom. The summed E-state index contributed by atoms with van der Waals surface area (Å²) in [5.41, 5.74) is -2.54. The second-order valence-corrected chi connectivity index (χ2v) is 5.10. The molecule has 1 aromatic carbocycles. The maximum absolute atomic E-state index is 13.3. The van der Waals surface area contributed by atoms with Crippen molar-refractivity contribution < 1.29 is 23.1 Å². The van der Waals surface area contributed by atoms with Gasteiger partial charge in [-0.1, -0.05) is 30.3 Å². The quantitative estimate of drug-likeness (QED) is 0.923. The summed E-state index contributed by atoms with van der Waals surface area (Å²) in [7, 11) is 0. The minimum absolute atomic E-state index is 0.118. The first-order valence-electron chi connectivity index (χ1n) is 6.58. The maximum atomic E-state index is 13.3. The van der Waals surface area contributed by atoms with Crippen molar-refractivity contribution in [2.75, 3.05) is 0 Å². The summed E-state index contributed by atoms with van der Waals surface area (Å²) in [4.78, 5) is 14.8. The summed E-state index contributed by atoms with van der Waals surface area (Å²) < 4.78 is 41.1. The Bertz CT molecular complexity index is 652. The number of nitrogens with zero attached hydrogens (tertiary/aromatic N) is 2. The number of ketones is 1. The zero-order chi connectivity index (χ0) is 16.4. The van der Waals surface area contributed by atoms with Gasteiger partial charge < -0.3 is 9.67 Å². The average molecular weight is 312 g/mol. The Morgan fingerprint density at radius 3 is 2.45 bits per heavy atom. The van der Waals surface area contributed by atoms with E-state index in [0.717, 1.165) is 12.5 Å². The van der Waals surface area contributed by atoms with Crippen molar-refractivity contribution in [3.8, 4) is 0 Å². The number of alkyl halides is 3. The fourth-order valence-electron chi connectivity index (χ4n) is 2.25. The van der Waals surface area contributed by atoms with Crippen LogP contribution < -0.4 is 0 Å². The molecule has 0 amide bonds. The van der Waals surface area contributed by atoms with E-state index in [4.69, 9.17) is 0 Å². The molecule has 1 atom stereocenters. The Hall–Kier alpha value is -2.15. The normalized spacial score (nSPS) is 14.6. The summed E-state index contributed by atoms with van der Waals surface area (Å²) in [5, 5.41) is 10.1.